The van der Waals surface area contributed by atoms with Gasteiger partial charge in [0.05, 0.1) is 5.75 Å². The van der Waals surface area contributed by atoms with E-state index >= 15 is 0 Å². The average molecular weight is 251 g/mol. The van der Waals surface area contributed by atoms with Crippen LogP contribution in [0.1, 0.15) is 20.3 Å². The molecule has 0 aromatic carbocycles. The van der Waals surface area contributed by atoms with Crippen molar-refractivity contribution < 1.29 is 8.42 Å². The van der Waals surface area contributed by atoms with E-state index in [4.69, 9.17) is 5.84 Å². The second kappa shape index (κ2) is 8.31. The van der Waals surface area contributed by atoms with Gasteiger partial charge in [-0.3, -0.25) is 10.4 Å². The van der Waals surface area contributed by atoms with Gasteiger partial charge in [-0.15, -0.1) is 0 Å². The maximum absolute atomic E-state index is 11.3. The summed E-state index contributed by atoms with van der Waals surface area (Å²) in [5, 5.41) is 2.81. The number of hydrogen-bond donors (Lipinski definition) is 4. The zero-order chi connectivity index (χ0) is 12.4. The molecule has 0 bridgehead atoms. The molecule has 0 aliphatic rings. The molecule has 0 spiro atoms. The topological polar surface area (TPSA) is 109 Å². The van der Waals surface area contributed by atoms with Crippen molar-refractivity contribution >= 4 is 16.0 Å². The van der Waals surface area contributed by atoms with Crippen molar-refractivity contribution in [3.63, 3.8) is 0 Å². The highest BCUT2D eigenvalue weighted by Crippen LogP contribution is 1.82. The molecule has 96 valence electrons. The van der Waals surface area contributed by atoms with Gasteiger partial charge in [-0.05, 0) is 6.42 Å². The summed E-state index contributed by atoms with van der Waals surface area (Å²) in [6.07, 6.45) is 0.905. The van der Waals surface area contributed by atoms with Gasteiger partial charge in [0.15, 0.2) is 0 Å². The molecule has 7 nitrogen and oxygen atoms in total. The minimum atomic E-state index is -3.19. The number of nitrogens with one attached hydrogen (secondary N) is 3. The van der Waals surface area contributed by atoms with Gasteiger partial charge in [-0.2, -0.15) is 0 Å². The Morgan fingerprint density at radius 2 is 2.06 bits per heavy atom. The maximum Gasteiger partial charge on any atom is 0.213 e. The van der Waals surface area contributed by atoms with E-state index in [0.717, 1.165) is 6.42 Å². The summed E-state index contributed by atoms with van der Waals surface area (Å²) >= 11 is 0. The van der Waals surface area contributed by atoms with Crippen LogP contribution in [-0.4, -0.2) is 39.8 Å². The summed E-state index contributed by atoms with van der Waals surface area (Å²) in [7, 11) is -3.19. The molecule has 0 radical (unpaired) electrons. The number of nitrogens with two attached hydrogens (primary N) is 1. The molecule has 0 amide bonds. The van der Waals surface area contributed by atoms with Crippen LogP contribution in [0.25, 0.3) is 0 Å². The Hall–Kier alpha value is -0.860. The number of rotatable bonds is 7. The van der Waals surface area contributed by atoms with Crippen LogP contribution in [0.2, 0.25) is 0 Å². The average Bonchev–Trinajstić information content (AvgIpc) is 2.22. The Balaban J connectivity index is 3.95. The van der Waals surface area contributed by atoms with Crippen LogP contribution in [0, 0.1) is 0 Å². The summed E-state index contributed by atoms with van der Waals surface area (Å²) in [5.74, 6) is 5.62. The molecule has 0 unspecified atom stereocenters. The molecule has 0 fully saturated rings. The van der Waals surface area contributed by atoms with E-state index in [9.17, 15) is 8.42 Å². The third-order valence-corrected chi connectivity index (χ3v) is 3.13. The van der Waals surface area contributed by atoms with E-state index < -0.39 is 10.0 Å². The van der Waals surface area contributed by atoms with Gasteiger partial charge in [-0.1, -0.05) is 13.8 Å². The van der Waals surface area contributed by atoms with Crippen molar-refractivity contribution in [3.8, 4) is 0 Å². The Kier molecular flexibility index (Phi) is 7.86. The first-order chi connectivity index (χ1) is 7.55. The SMILES string of the molecule is CCCN=C(NN)NCCS(=O)(=O)NCC. The monoisotopic (exact) mass is 251 g/mol. The third-order valence-electron chi connectivity index (χ3n) is 1.66. The van der Waals surface area contributed by atoms with E-state index in [-0.39, 0.29) is 12.3 Å². The van der Waals surface area contributed by atoms with Crippen LogP contribution in [0.3, 0.4) is 0 Å². The van der Waals surface area contributed by atoms with Crippen LogP contribution in [0.5, 0.6) is 0 Å². The number of aliphatic imine (C=N–C) groups is 1. The van der Waals surface area contributed by atoms with E-state index in [0.29, 0.717) is 19.0 Å². The van der Waals surface area contributed by atoms with E-state index in [1.54, 1.807) is 6.92 Å². The Morgan fingerprint density at radius 3 is 2.56 bits per heavy atom. The van der Waals surface area contributed by atoms with Gasteiger partial charge >= 0.3 is 0 Å². The Morgan fingerprint density at radius 1 is 1.38 bits per heavy atom. The Bertz CT molecular complexity index is 302. The fourth-order valence-corrected chi connectivity index (χ4v) is 1.93. The lowest BCUT2D eigenvalue weighted by Gasteiger charge is -2.09. The minimum absolute atomic E-state index is 0.00628. The van der Waals surface area contributed by atoms with Crippen LogP contribution >= 0.6 is 0 Å². The summed E-state index contributed by atoms with van der Waals surface area (Å²) < 4.78 is 24.9. The molecular formula is C8H21N5O2S. The van der Waals surface area contributed by atoms with E-state index in [1.165, 1.54) is 0 Å². The molecule has 0 heterocycles. The molecule has 0 aromatic rings. The lowest BCUT2D eigenvalue weighted by atomic mass is 10.5. The smallest absolute Gasteiger partial charge is 0.213 e. The number of nitrogens with zero attached hydrogens (tertiary/aromatic N) is 1. The zero-order valence-corrected chi connectivity index (χ0v) is 10.6. The maximum atomic E-state index is 11.3. The van der Waals surface area contributed by atoms with Crippen LogP contribution in [0.4, 0.5) is 0 Å². The summed E-state index contributed by atoms with van der Waals surface area (Å²) in [4.78, 5) is 4.08. The van der Waals surface area contributed by atoms with Gasteiger partial charge in [-0.25, -0.2) is 19.0 Å². The quantitative estimate of drug-likeness (QED) is 0.195. The number of hydrazine groups is 1. The highest BCUT2D eigenvalue weighted by atomic mass is 32.2. The third kappa shape index (κ3) is 7.43. The van der Waals surface area contributed by atoms with Crippen molar-refractivity contribution in [2.24, 2.45) is 10.8 Å². The second-order valence-corrected chi connectivity index (χ2v) is 5.04. The fraction of sp³-hybridized carbons (Fsp3) is 0.875. The Labute approximate surface area is 96.9 Å². The number of sulfonamides is 1. The van der Waals surface area contributed by atoms with Crippen molar-refractivity contribution in [3.05, 3.63) is 0 Å². The van der Waals surface area contributed by atoms with Gasteiger partial charge in [0, 0.05) is 19.6 Å². The van der Waals surface area contributed by atoms with Crippen molar-refractivity contribution in [1.82, 2.24) is 15.5 Å². The normalized spacial score (nSPS) is 12.6. The molecule has 0 rings (SSSR count). The number of hydrogen-bond acceptors (Lipinski definition) is 4. The van der Waals surface area contributed by atoms with Crippen LogP contribution in [-0.2, 0) is 10.0 Å². The first-order valence-electron chi connectivity index (χ1n) is 5.28. The highest BCUT2D eigenvalue weighted by molar-refractivity contribution is 7.89. The number of guanidine groups is 1. The molecular weight excluding hydrogens is 230 g/mol. The lowest BCUT2D eigenvalue weighted by Crippen LogP contribution is -2.44. The minimum Gasteiger partial charge on any atom is -0.354 e. The highest BCUT2D eigenvalue weighted by Gasteiger charge is 2.07. The van der Waals surface area contributed by atoms with Crippen molar-refractivity contribution in [2.75, 3.05) is 25.4 Å². The lowest BCUT2D eigenvalue weighted by molar-refractivity contribution is 0.582. The molecule has 0 atom stereocenters. The van der Waals surface area contributed by atoms with Crippen molar-refractivity contribution in [1.29, 1.82) is 0 Å². The van der Waals surface area contributed by atoms with Gasteiger partial charge < -0.3 is 5.32 Å². The van der Waals surface area contributed by atoms with Crippen LogP contribution in [0.15, 0.2) is 4.99 Å². The molecule has 0 aromatic heterocycles. The van der Waals surface area contributed by atoms with E-state index in [1.807, 2.05) is 6.92 Å². The molecule has 8 heteroatoms. The summed E-state index contributed by atoms with van der Waals surface area (Å²) in [5.41, 5.74) is 2.38. The fourth-order valence-electron chi connectivity index (χ4n) is 0.972. The largest absolute Gasteiger partial charge is 0.354 e. The van der Waals surface area contributed by atoms with Gasteiger partial charge in [0.25, 0.3) is 0 Å². The predicted molar refractivity (Wildman–Crippen MR) is 65.4 cm³/mol. The zero-order valence-electron chi connectivity index (χ0n) is 9.78. The molecule has 5 N–H and O–H groups in total. The van der Waals surface area contributed by atoms with Gasteiger partial charge in [0.2, 0.25) is 16.0 Å². The molecule has 0 aliphatic carbocycles. The molecule has 16 heavy (non-hydrogen) atoms. The first kappa shape index (κ1) is 15.1. The standard InChI is InChI=1S/C8H21N5O2S/c1-3-5-10-8(13-9)11-6-7-16(14,15)12-4-2/h12H,3-7,9H2,1-2H3,(H2,10,11,13). The molecule has 0 aliphatic heterocycles. The van der Waals surface area contributed by atoms with E-state index in [2.05, 4.69) is 20.5 Å². The first-order valence-corrected chi connectivity index (χ1v) is 6.93. The summed E-state index contributed by atoms with van der Waals surface area (Å²) in [6.45, 7) is 5.04. The van der Waals surface area contributed by atoms with Crippen molar-refractivity contribution in [2.45, 2.75) is 20.3 Å². The predicted octanol–water partition coefficient (Wildman–Crippen LogP) is -1.26. The summed E-state index contributed by atoms with van der Waals surface area (Å²) in [6, 6.07) is 0. The van der Waals surface area contributed by atoms with Crippen LogP contribution < -0.4 is 21.3 Å². The molecule has 0 saturated heterocycles. The van der Waals surface area contributed by atoms with Gasteiger partial charge in [0.1, 0.15) is 0 Å². The second-order valence-electron chi connectivity index (χ2n) is 3.12. The molecule has 0 saturated carbocycles.